The third-order valence-corrected chi connectivity index (χ3v) is 4.76. The van der Waals surface area contributed by atoms with E-state index in [9.17, 15) is 0 Å². The van der Waals surface area contributed by atoms with Crippen molar-refractivity contribution in [3.8, 4) is 16.9 Å². The van der Waals surface area contributed by atoms with Gasteiger partial charge in [0.15, 0.2) is 0 Å². The van der Waals surface area contributed by atoms with Gasteiger partial charge in [0.1, 0.15) is 5.75 Å². The maximum atomic E-state index is 5.76. The quantitative estimate of drug-likeness (QED) is 0.435. The molecule has 0 aromatic heterocycles. The smallest absolute Gasteiger partial charge is 0.127 e. The van der Waals surface area contributed by atoms with E-state index in [1.54, 1.807) is 7.11 Å². The van der Waals surface area contributed by atoms with Gasteiger partial charge in [-0.3, -0.25) is 0 Å². The Labute approximate surface area is 142 Å². The van der Waals surface area contributed by atoms with Gasteiger partial charge in [0, 0.05) is 5.56 Å². The first-order chi connectivity index (χ1) is 11.8. The van der Waals surface area contributed by atoms with E-state index >= 15 is 0 Å². The van der Waals surface area contributed by atoms with Crippen LogP contribution in [0.25, 0.3) is 32.7 Å². The predicted octanol–water partition coefficient (Wildman–Crippen LogP) is 6.23. The van der Waals surface area contributed by atoms with Gasteiger partial charge in [-0.15, -0.1) is 0 Å². The van der Waals surface area contributed by atoms with Crippen LogP contribution in [0.1, 0.15) is 12.5 Å². The standard InChI is InChI=1S/C23H20O/c1-3-16-12-13-17-8-4-6-10-19(17)22(16)23-20-11-7-5-9-18(20)14-15-21(23)24-2/h4-15H,3H2,1-2H3. The molecule has 4 rings (SSSR count). The molecule has 24 heavy (non-hydrogen) atoms. The zero-order valence-electron chi connectivity index (χ0n) is 14.0. The minimum atomic E-state index is 0.930. The Morgan fingerprint density at radius 1 is 0.667 bits per heavy atom. The fraction of sp³-hybridized carbons (Fsp3) is 0.130. The van der Waals surface area contributed by atoms with Crippen LogP contribution in [0.5, 0.6) is 5.75 Å². The Hall–Kier alpha value is -2.80. The lowest BCUT2D eigenvalue weighted by Crippen LogP contribution is -1.95. The van der Waals surface area contributed by atoms with Crippen molar-refractivity contribution in [2.75, 3.05) is 7.11 Å². The molecule has 118 valence electrons. The summed E-state index contributed by atoms with van der Waals surface area (Å²) < 4.78 is 5.76. The number of aryl methyl sites for hydroxylation is 1. The van der Waals surface area contributed by atoms with Crippen molar-refractivity contribution in [1.29, 1.82) is 0 Å². The highest BCUT2D eigenvalue weighted by Crippen LogP contribution is 2.42. The second-order valence-corrected chi connectivity index (χ2v) is 6.04. The average Bonchev–Trinajstić information content (AvgIpc) is 2.66. The van der Waals surface area contributed by atoms with Crippen molar-refractivity contribution in [3.63, 3.8) is 0 Å². The molecule has 4 aromatic carbocycles. The van der Waals surface area contributed by atoms with Crippen LogP contribution >= 0.6 is 0 Å². The zero-order valence-corrected chi connectivity index (χ0v) is 14.0. The maximum absolute atomic E-state index is 5.76. The number of rotatable bonds is 3. The molecule has 0 aliphatic heterocycles. The van der Waals surface area contributed by atoms with Gasteiger partial charge < -0.3 is 4.74 Å². The molecule has 4 aromatic rings. The number of hydrogen-bond donors (Lipinski definition) is 0. The zero-order chi connectivity index (χ0) is 16.5. The van der Waals surface area contributed by atoms with E-state index in [0.29, 0.717) is 0 Å². The van der Waals surface area contributed by atoms with Gasteiger partial charge in [-0.05, 0) is 45.2 Å². The average molecular weight is 312 g/mol. The SMILES string of the molecule is CCc1ccc2ccccc2c1-c1c(OC)ccc2ccccc12. The lowest BCUT2D eigenvalue weighted by Gasteiger charge is -2.18. The normalized spacial score (nSPS) is 11.1. The second-order valence-electron chi connectivity index (χ2n) is 6.04. The first-order valence-electron chi connectivity index (χ1n) is 8.40. The largest absolute Gasteiger partial charge is 0.496 e. The molecule has 0 N–H and O–H groups in total. The van der Waals surface area contributed by atoms with E-state index in [0.717, 1.165) is 12.2 Å². The summed E-state index contributed by atoms with van der Waals surface area (Å²) in [5.74, 6) is 0.930. The highest BCUT2D eigenvalue weighted by Gasteiger charge is 2.16. The van der Waals surface area contributed by atoms with Crippen LogP contribution in [0.2, 0.25) is 0 Å². The summed E-state index contributed by atoms with van der Waals surface area (Å²) in [4.78, 5) is 0. The molecule has 0 aliphatic carbocycles. The van der Waals surface area contributed by atoms with Crippen molar-refractivity contribution >= 4 is 21.5 Å². The Morgan fingerprint density at radius 3 is 1.88 bits per heavy atom. The van der Waals surface area contributed by atoms with Gasteiger partial charge in [-0.25, -0.2) is 0 Å². The number of ether oxygens (including phenoxy) is 1. The van der Waals surface area contributed by atoms with Crippen LogP contribution in [0, 0.1) is 0 Å². The second kappa shape index (κ2) is 6.01. The molecular weight excluding hydrogens is 292 g/mol. The molecule has 0 aliphatic rings. The van der Waals surface area contributed by atoms with Gasteiger partial charge in [0.2, 0.25) is 0 Å². The molecule has 1 nitrogen and oxygen atoms in total. The van der Waals surface area contributed by atoms with E-state index in [-0.39, 0.29) is 0 Å². The molecule has 1 heteroatoms. The summed E-state index contributed by atoms with van der Waals surface area (Å²) in [5, 5.41) is 5.03. The molecule has 0 atom stereocenters. The number of benzene rings is 4. The van der Waals surface area contributed by atoms with Crippen molar-refractivity contribution < 1.29 is 4.74 Å². The fourth-order valence-electron chi connectivity index (χ4n) is 3.59. The molecule has 0 saturated heterocycles. The number of methoxy groups -OCH3 is 1. The lowest BCUT2D eigenvalue weighted by molar-refractivity contribution is 0.417. The summed E-state index contributed by atoms with van der Waals surface area (Å²) in [7, 11) is 1.75. The van der Waals surface area contributed by atoms with Gasteiger partial charge in [-0.1, -0.05) is 73.7 Å². The molecule has 0 amide bonds. The summed E-state index contributed by atoms with van der Waals surface area (Å²) in [5.41, 5.74) is 3.84. The topological polar surface area (TPSA) is 9.23 Å². The highest BCUT2D eigenvalue weighted by atomic mass is 16.5. The van der Waals surface area contributed by atoms with Gasteiger partial charge in [-0.2, -0.15) is 0 Å². The molecule has 0 saturated carbocycles. The van der Waals surface area contributed by atoms with Crippen molar-refractivity contribution in [3.05, 3.63) is 78.4 Å². The van der Waals surface area contributed by atoms with Crippen LogP contribution in [0.15, 0.2) is 72.8 Å². The van der Waals surface area contributed by atoms with Crippen LogP contribution in [-0.2, 0) is 6.42 Å². The molecule has 0 radical (unpaired) electrons. The van der Waals surface area contributed by atoms with Crippen LogP contribution in [0.4, 0.5) is 0 Å². The van der Waals surface area contributed by atoms with Crippen molar-refractivity contribution in [2.24, 2.45) is 0 Å². The van der Waals surface area contributed by atoms with Gasteiger partial charge in [0.05, 0.1) is 7.11 Å². The van der Waals surface area contributed by atoms with Gasteiger partial charge in [0.25, 0.3) is 0 Å². The highest BCUT2D eigenvalue weighted by molar-refractivity contribution is 6.08. The lowest BCUT2D eigenvalue weighted by atomic mass is 9.88. The fourth-order valence-corrected chi connectivity index (χ4v) is 3.59. The van der Waals surface area contributed by atoms with E-state index < -0.39 is 0 Å². The van der Waals surface area contributed by atoms with E-state index in [1.807, 2.05) is 0 Å². The molecule has 0 heterocycles. The summed E-state index contributed by atoms with van der Waals surface area (Å²) in [6.45, 7) is 2.21. The van der Waals surface area contributed by atoms with E-state index in [1.165, 1.54) is 38.2 Å². The third kappa shape index (κ3) is 2.25. The minimum absolute atomic E-state index is 0.930. The minimum Gasteiger partial charge on any atom is -0.496 e. The first kappa shape index (κ1) is 14.8. The Bertz CT molecular complexity index is 945. The molecule has 0 unspecified atom stereocenters. The van der Waals surface area contributed by atoms with E-state index in [2.05, 4.69) is 79.7 Å². The van der Waals surface area contributed by atoms with Crippen molar-refractivity contribution in [1.82, 2.24) is 0 Å². The van der Waals surface area contributed by atoms with Crippen molar-refractivity contribution in [2.45, 2.75) is 13.3 Å². The van der Waals surface area contributed by atoms with Gasteiger partial charge >= 0.3 is 0 Å². The van der Waals surface area contributed by atoms with Crippen LogP contribution in [0.3, 0.4) is 0 Å². The molecule has 0 bridgehead atoms. The summed E-state index contributed by atoms with van der Waals surface area (Å²) >= 11 is 0. The third-order valence-electron chi connectivity index (χ3n) is 4.76. The summed E-state index contributed by atoms with van der Waals surface area (Å²) in [6.07, 6.45) is 0.993. The number of fused-ring (bicyclic) bond motifs is 2. The predicted molar refractivity (Wildman–Crippen MR) is 103 cm³/mol. The van der Waals surface area contributed by atoms with E-state index in [4.69, 9.17) is 4.74 Å². The Kier molecular flexibility index (Phi) is 3.70. The maximum Gasteiger partial charge on any atom is 0.127 e. The summed E-state index contributed by atoms with van der Waals surface area (Å²) in [6, 6.07) is 25.8. The first-order valence-corrected chi connectivity index (χ1v) is 8.40. The molecular formula is C23H20O. The Balaban J connectivity index is 2.21. The molecule has 0 fully saturated rings. The monoisotopic (exact) mass is 312 g/mol. The number of hydrogen-bond acceptors (Lipinski definition) is 1. The van der Waals surface area contributed by atoms with Crippen LogP contribution in [-0.4, -0.2) is 7.11 Å². The Morgan fingerprint density at radius 2 is 1.25 bits per heavy atom. The van der Waals surface area contributed by atoms with Crippen LogP contribution < -0.4 is 4.74 Å². The molecule has 0 spiro atoms.